The van der Waals surface area contributed by atoms with Gasteiger partial charge in [0.25, 0.3) is 0 Å². The summed E-state index contributed by atoms with van der Waals surface area (Å²) in [5.41, 5.74) is 1.02. The molecule has 1 aromatic heterocycles. The summed E-state index contributed by atoms with van der Waals surface area (Å²) in [5.74, 6) is -0.802. The monoisotopic (exact) mass is 312 g/mol. The molecule has 0 saturated carbocycles. The van der Waals surface area contributed by atoms with Crippen LogP contribution in [0.25, 0.3) is 0 Å². The Labute approximate surface area is 112 Å². The van der Waals surface area contributed by atoms with Crippen molar-refractivity contribution < 1.29 is 8.78 Å². The van der Waals surface area contributed by atoms with Crippen molar-refractivity contribution in [3.05, 3.63) is 63.9 Å². The third-order valence-corrected chi connectivity index (χ3v) is 3.25. The first-order valence-corrected chi connectivity index (χ1v) is 6.14. The number of halogens is 3. The topological polar surface area (TPSA) is 24.9 Å². The lowest BCUT2D eigenvalue weighted by Gasteiger charge is -2.18. The summed E-state index contributed by atoms with van der Waals surface area (Å²) in [6.07, 6.45) is 2.64. The molecule has 0 radical (unpaired) electrons. The van der Waals surface area contributed by atoms with E-state index in [1.807, 2.05) is 0 Å². The average molecular weight is 313 g/mol. The van der Waals surface area contributed by atoms with Crippen molar-refractivity contribution >= 4 is 15.9 Å². The molecule has 0 amide bonds. The van der Waals surface area contributed by atoms with Crippen molar-refractivity contribution in [2.24, 2.45) is 0 Å². The van der Waals surface area contributed by atoms with Crippen LogP contribution in [0.4, 0.5) is 8.78 Å². The maximum absolute atomic E-state index is 14.0. The van der Waals surface area contributed by atoms with Crippen molar-refractivity contribution in [3.63, 3.8) is 0 Å². The van der Waals surface area contributed by atoms with Crippen LogP contribution in [0.3, 0.4) is 0 Å². The number of hydrogen-bond donors (Lipinski definition) is 1. The fourth-order valence-corrected chi connectivity index (χ4v) is 2.21. The fourth-order valence-electron chi connectivity index (χ4n) is 1.83. The molecule has 2 rings (SSSR count). The van der Waals surface area contributed by atoms with Gasteiger partial charge >= 0.3 is 0 Å². The van der Waals surface area contributed by atoms with E-state index >= 15 is 0 Å². The van der Waals surface area contributed by atoms with Gasteiger partial charge in [-0.25, -0.2) is 8.78 Å². The quantitative estimate of drug-likeness (QED) is 0.939. The zero-order chi connectivity index (χ0) is 13.1. The Bertz CT molecular complexity index is 560. The molecule has 0 fully saturated rings. The SMILES string of the molecule is CNC(c1cncc(F)c1)c1cccc(Br)c1F. The molecule has 94 valence electrons. The zero-order valence-electron chi connectivity index (χ0n) is 9.62. The summed E-state index contributed by atoms with van der Waals surface area (Å²) >= 11 is 3.14. The lowest BCUT2D eigenvalue weighted by molar-refractivity contribution is 0.565. The van der Waals surface area contributed by atoms with Crippen molar-refractivity contribution in [2.45, 2.75) is 6.04 Å². The van der Waals surface area contributed by atoms with Gasteiger partial charge in [-0.2, -0.15) is 0 Å². The standard InChI is InChI=1S/C13H11BrF2N2/c1-17-13(8-5-9(15)7-18-6-8)10-3-2-4-11(14)12(10)16/h2-7,13,17H,1H3. The molecule has 0 aliphatic rings. The highest BCUT2D eigenvalue weighted by Crippen LogP contribution is 2.27. The van der Waals surface area contributed by atoms with E-state index in [-0.39, 0.29) is 5.82 Å². The van der Waals surface area contributed by atoms with Gasteiger partial charge in [-0.15, -0.1) is 0 Å². The maximum atomic E-state index is 14.0. The predicted octanol–water partition coefficient (Wildman–Crippen LogP) is 3.43. The second-order valence-corrected chi connectivity index (χ2v) is 4.66. The minimum absolute atomic E-state index is 0.360. The number of hydrogen-bond acceptors (Lipinski definition) is 2. The van der Waals surface area contributed by atoms with Gasteiger partial charge in [0.2, 0.25) is 0 Å². The molecule has 2 aromatic rings. The molecule has 1 aromatic carbocycles. The summed E-state index contributed by atoms with van der Waals surface area (Å²) in [4.78, 5) is 3.78. The molecule has 0 aliphatic carbocycles. The van der Waals surface area contributed by atoms with Gasteiger partial charge in [0.05, 0.1) is 16.7 Å². The second-order valence-electron chi connectivity index (χ2n) is 3.80. The molecule has 1 atom stereocenters. The largest absolute Gasteiger partial charge is 0.309 e. The fraction of sp³-hybridized carbons (Fsp3) is 0.154. The van der Waals surface area contributed by atoms with Crippen LogP contribution in [0.5, 0.6) is 0 Å². The van der Waals surface area contributed by atoms with Gasteiger partial charge in [0.15, 0.2) is 0 Å². The Morgan fingerprint density at radius 3 is 2.72 bits per heavy atom. The van der Waals surface area contributed by atoms with E-state index in [0.717, 1.165) is 6.20 Å². The Hall–Kier alpha value is -1.33. The molecule has 18 heavy (non-hydrogen) atoms. The minimum atomic E-state index is -0.442. The lowest BCUT2D eigenvalue weighted by Crippen LogP contribution is -2.19. The lowest BCUT2D eigenvalue weighted by atomic mass is 10.00. The van der Waals surface area contributed by atoms with Gasteiger partial charge in [0, 0.05) is 11.8 Å². The number of nitrogens with zero attached hydrogens (tertiary/aromatic N) is 1. The smallest absolute Gasteiger partial charge is 0.142 e. The number of nitrogens with one attached hydrogen (secondary N) is 1. The predicted molar refractivity (Wildman–Crippen MR) is 69.2 cm³/mol. The highest BCUT2D eigenvalue weighted by atomic mass is 79.9. The molecule has 0 spiro atoms. The number of pyridine rings is 1. The number of benzene rings is 1. The first-order valence-electron chi connectivity index (χ1n) is 5.35. The Balaban J connectivity index is 2.49. The number of rotatable bonds is 3. The zero-order valence-corrected chi connectivity index (χ0v) is 11.2. The van der Waals surface area contributed by atoms with Crippen LogP contribution in [0.2, 0.25) is 0 Å². The summed E-state index contributed by atoms with van der Waals surface area (Å²) < 4.78 is 27.6. The Morgan fingerprint density at radius 2 is 2.06 bits per heavy atom. The van der Waals surface area contributed by atoms with Crippen LogP contribution in [0.1, 0.15) is 17.2 Å². The van der Waals surface area contributed by atoms with Gasteiger partial charge in [-0.1, -0.05) is 12.1 Å². The van der Waals surface area contributed by atoms with Crippen molar-refractivity contribution in [3.8, 4) is 0 Å². The van der Waals surface area contributed by atoms with Gasteiger partial charge in [0.1, 0.15) is 11.6 Å². The average Bonchev–Trinajstić information content (AvgIpc) is 2.35. The maximum Gasteiger partial charge on any atom is 0.142 e. The highest BCUT2D eigenvalue weighted by molar-refractivity contribution is 9.10. The van der Waals surface area contributed by atoms with Crippen LogP contribution < -0.4 is 5.32 Å². The third-order valence-electron chi connectivity index (χ3n) is 2.64. The van der Waals surface area contributed by atoms with Crippen LogP contribution in [0.15, 0.2) is 41.1 Å². The van der Waals surface area contributed by atoms with Crippen LogP contribution in [-0.4, -0.2) is 12.0 Å². The van der Waals surface area contributed by atoms with Crippen LogP contribution in [-0.2, 0) is 0 Å². The molecule has 1 heterocycles. The summed E-state index contributed by atoms with van der Waals surface area (Å²) in [6, 6.07) is 5.92. The molecular weight excluding hydrogens is 302 g/mol. The minimum Gasteiger partial charge on any atom is -0.309 e. The van der Waals surface area contributed by atoms with Crippen molar-refractivity contribution in [2.75, 3.05) is 7.05 Å². The van der Waals surface area contributed by atoms with E-state index in [1.165, 1.54) is 12.3 Å². The molecule has 5 heteroatoms. The first-order chi connectivity index (χ1) is 8.63. The van der Waals surface area contributed by atoms with Gasteiger partial charge in [-0.05, 0) is 40.7 Å². The third kappa shape index (κ3) is 2.57. The van der Waals surface area contributed by atoms with E-state index in [9.17, 15) is 8.78 Å². The van der Waals surface area contributed by atoms with Crippen LogP contribution in [0, 0.1) is 11.6 Å². The van der Waals surface area contributed by atoms with E-state index < -0.39 is 11.9 Å². The van der Waals surface area contributed by atoms with Gasteiger partial charge < -0.3 is 5.32 Å². The van der Waals surface area contributed by atoms with Gasteiger partial charge in [-0.3, -0.25) is 4.98 Å². The molecule has 0 aliphatic heterocycles. The summed E-state index contributed by atoms with van der Waals surface area (Å²) in [6.45, 7) is 0. The van der Waals surface area contributed by atoms with Crippen molar-refractivity contribution in [1.29, 1.82) is 0 Å². The molecule has 1 N–H and O–H groups in total. The van der Waals surface area contributed by atoms with E-state index in [0.29, 0.717) is 15.6 Å². The highest BCUT2D eigenvalue weighted by Gasteiger charge is 2.18. The van der Waals surface area contributed by atoms with Crippen molar-refractivity contribution in [1.82, 2.24) is 10.3 Å². The molecular formula is C13H11BrF2N2. The number of aromatic nitrogens is 1. The van der Waals surface area contributed by atoms with E-state index in [4.69, 9.17) is 0 Å². The molecule has 0 saturated heterocycles. The molecule has 0 bridgehead atoms. The van der Waals surface area contributed by atoms with E-state index in [2.05, 4.69) is 26.2 Å². The first kappa shape index (κ1) is 13.1. The van der Waals surface area contributed by atoms with E-state index in [1.54, 1.807) is 25.2 Å². The van der Waals surface area contributed by atoms with Crippen LogP contribution >= 0.6 is 15.9 Å². The Kier molecular flexibility index (Phi) is 4.04. The normalized spacial score (nSPS) is 12.4. The molecule has 2 nitrogen and oxygen atoms in total. The summed E-state index contributed by atoms with van der Waals surface area (Å²) in [7, 11) is 1.69. The summed E-state index contributed by atoms with van der Waals surface area (Å²) in [5, 5.41) is 2.96. The molecule has 1 unspecified atom stereocenters. The Morgan fingerprint density at radius 1 is 1.28 bits per heavy atom. The second kappa shape index (κ2) is 5.54.